The molecule has 0 bridgehead atoms. The van der Waals surface area contributed by atoms with Gasteiger partial charge in [0.25, 0.3) is 0 Å². The van der Waals surface area contributed by atoms with Gasteiger partial charge in [-0.25, -0.2) is 0 Å². The van der Waals surface area contributed by atoms with Gasteiger partial charge in [0, 0.05) is 17.3 Å². The molecule has 0 aromatic heterocycles. The van der Waals surface area contributed by atoms with Crippen molar-refractivity contribution in [1.29, 1.82) is 0 Å². The Morgan fingerprint density at radius 2 is 1.61 bits per heavy atom. The third kappa shape index (κ3) is 5.42. The average molecular weight is 380 g/mol. The van der Waals surface area contributed by atoms with Crippen molar-refractivity contribution >= 4 is 23.2 Å². The van der Waals surface area contributed by atoms with Crippen LogP contribution in [-0.2, 0) is 9.59 Å². The van der Waals surface area contributed by atoms with Gasteiger partial charge in [-0.1, -0.05) is 24.3 Å². The molecule has 5 nitrogen and oxygen atoms in total. The summed E-state index contributed by atoms with van der Waals surface area (Å²) in [5, 5.41) is 6.03. The first kappa shape index (κ1) is 20.1. The van der Waals surface area contributed by atoms with Gasteiger partial charge < -0.3 is 10.6 Å². The van der Waals surface area contributed by atoms with Crippen molar-refractivity contribution in [3.8, 4) is 0 Å². The number of likely N-dealkylation sites (tertiary alicyclic amines) is 1. The van der Waals surface area contributed by atoms with Gasteiger partial charge in [-0.15, -0.1) is 0 Å². The van der Waals surface area contributed by atoms with Gasteiger partial charge in [-0.3, -0.25) is 14.5 Å². The Bertz CT molecular complexity index is 834. The van der Waals surface area contributed by atoms with E-state index < -0.39 is 0 Å². The number of hydrogen-bond donors (Lipinski definition) is 2. The minimum absolute atomic E-state index is 0.00154. The smallest absolute Gasteiger partial charge is 0.238 e. The minimum Gasteiger partial charge on any atom is -0.326 e. The molecule has 1 aliphatic heterocycles. The molecule has 28 heavy (non-hydrogen) atoms. The van der Waals surface area contributed by atoms with Crippen LogP contribution in [0.5, 0.6) is 0 Å². The van der Waals surface area contributed by atoms with E-state index >= 15 is 0 Å². The molecule has 2 amide bonds. The molecule has 1 heterocycles. The molecule has 1 saturated heterocycles. The van der Waals surface area contributed by atoms with Crippen LogP contribution in [0, 0.1) is 26.7 Å². The van der Waals surface area contributed by atoms with Crippen molar-refractivity contribution in [2.75, 3.05) is 30.3 Å². The van der Waals surface area contributed by atoms with E-state index in [4.69, 9.17) is 0 Å². The van der Waals surface area contributed by atoms with Crippen molar-refractivity contribution in [3.05, 3.63) is 59.2 Å². The van der Waals surface area contributed by atoms with E-state index in [0.717, 1.165) is 54.0 Å². The Kier molecular flexibility index (Phi) is 6.47. The predicted octanol–water partition coefficient (Wildman–Crippen LogP) is 3.90. The van der Waals surface area contributed by atoms with Crippen LogP contribution >= 0.6 is 0 Å². The maximum absolute atomic E-state index is 12.5. The van der Waals surface area contributed by atoms with Gasteiger partial charge in [0.15, 0.2) is 0 Å². The number of benzene rings is 2. The fourth-order valence-electron chi connectivity index (χ4n) is 3.75. The second-order valence-corrected chi connectivity index (χ2v) is 7.78. The predicted molar refractivity (Wildman–Crippen MR) is 114 cm³/mol. The van der Waals surface area contributed by atoms with E-state index in [-0.39, 0.29) is 17.7 Å². The summed E-state index contributed by atoms with van der Waals surface area (Å²) >= 11 is 0. The monoisotopic (exact) mass is 379 g/mol. The van der Waals surface area contributed by atoms with Gasteiger partial charge in [0.1, 0.15) is 0 Å². The lowest BCUT2D eigenvalue weighted by atomic mass is 9.95. The van der Waals surface area contributed by atoms with Crippen LogP contribution in [0.3, 0.4) is 0 Å². The average Bonchev–Trinajstić information content (AvgIpc) is 2.63. The van der Waals surface area contributed by atoms with Crippen molar-refractivity contribution in [1.82, 2.24) is 4.90 Å². The lowest BCUT2D eigenvalue weighted by Gasteiger charge is -2.30. The second kappa shape index (κ2) is 9.02. The Hall–Kier alpha value is -2.66. The Labute approximate surface area is 167 Å². The molecule has 3 rings (SSSR count). The van der Waals surface area contributed by atoms with Crippen molar-refractivity contribution in [3.63, 3.8) is 0 Å². The molecule has 1 fully saturated rings. The van der Waals surface area contributed by atoms with E-state index in [0.29, 0.717) is 6.54 Å². The summed E-state index contributed by atoms with van der Waals surface area (Å²) in [6, 6.07) is 13.9. The van der Waals surface area contributed by atoms with Crippen LogP contribution in [-0.4, -0.2) is 36.3 Å². The van der Waals surface area contributed by atoms with E-state index in [9.17, 15) is 9.59 Å². The summed E-state index contributed by atoms with van der Waals surface area (Å²) in [6.45, 7) is 7.91. The maximum atomic E-state index is 12.5. The summed E-state index contributed by atoms with van der Waals surface area (Å²) in [6.07, 6.45) is 1.54. The highest BCUT2D eigenvalue weighted by Crippen LogP contribution is 2.21. The van der Waals surface area contributed by atoms with Crippen LogP contribution in [0.1, 0.15) is 29.5 Å². The highest BCUT2D eigenvalue weighted by Gasteiger charge is 2.26. The number of carbonyl (C=O) groups is 2. The SMILES string of the molecule is Cc1cc(C)cc(NC(=O)CN2CCC(C(=O)Nc3ccccc3C)CC2)c1. The number of nitrogens with one attached hydrogen (secondary N) is 2. The van der Waals surface area contributed by atoms with Crippen molar-refractivity contribution in [2.24, 2.45) is 5.92 Å². The molecular formula is C23H29N3O2. The lowest BCUT2D eigenvalue weighted by molar-refractivity contribution is -0.121. The van der Waals surface area contributed by atoms with Gasteiger partial charge in [0.2, 0.25) is 11.8 Å². The summed E-state index contributed by atoms with van der Waals surface area (Å²) in [5.74, 6) is 0.0692. The minimum atomic E-state index is -0.00666. The first-order valence-corrected chi connectivity index (χ1v) is 9.88. The Morgan fingerprint density at radius 3 is 2.25 bits per heavy atom. The van der Waals surface area contributed by atoms with E-state index in [1.165, 1.54) is 0 Å². The third-order valence-electron chi connectivity index (χ3n) is 5.23. The van der Waals surface area contributed by atoms with Crippen molar-refractivity contribution in [2.45, 2.75) is 33.6 Å². The zero-order chi connectivity index (χ0) is 20.1. The number of piperidine rings is 1. The molecule has 1 aliphatic rings. The zero-order valence-electron chi connectivity index (χ0n) is 16.9. The number of nitrogens with zero attached hydrogens (tertiary/aromatic N) is 1. The van der Waals surface area contributed by atoms with Gasteiger partial charge >= 0.3 is 0 Å². The number of amides is 2. The largest absolute Gasteiger partial charge is 0.326 e. The number of rotatable bonds is 5. The molecule has 2 N–H and O–H groups in total. The molecule has 0 radical (unpaired) electrons. The fraction of sp³-hybridized carbons (Fsp3) is 0.391. The van der Waals surface area contributed by atoms with E-state index in [2.05, 4.69) is 21.6 Å². The van der Waals surface area contributed by atoms with Gasteiger partial charge in [-0.05, 0) is 81.6 Å². The molecule has 0 spiro atoms. The van der Waals surface area contributed by atoms with Gasteiger partial charge in [-0.2, -0.15) is 0 Å². The summed E-state index contributed by atoms with van der Waals surface area (Å²) in [7, 11) is 0. The van der Waals surface area contributed by atoms with Crippen LogP contribution in [0.2, 0.25) is 0 Å². The number of para-hydroxylation sites is 1. The Morgan fingerprint density at radius 1 is 0.964 bits per heavy atom. The lowest BCUT2D eigenvalue weighted by Crippen LogP contribution is -2.41. The third-order valence-corrected chi connectivity index (χ3v) is 5.23. The maximum Gasteiger partial charge on any atom is 0.238 e. The van der Waals surface area contributed by atoms with E-state index in [1.807, 2.05) is 57.2 Å². The van der Waals surface area contributed by atoms with Gasteiger partial charge in [0.05, 0.1) is 6.54 Å². The summed E-state index contributed by atoms with van der Waals surface area (Å²) in [5.41, 5.74) is 5.06. The van der Waals surface area contributed by atoms with E-state index in [1.54, 1.807) is 0 Å². The van der Waals surface area contributed by atoms with Crippen LogP contribution < -0.4 is 10.6 Å². The number of aryl methyl sites for hydroxylation is 3. The van der Waals surface area contributed by atoms with Crippen LogP contribution in [0.15, 0.2) is 42.5 Å². The summed E-state index contributed by atoms with van der Waals surface area (Å²) in [4.78, 5) is 27.0. The molecule has 2 aromatic carbocycles. The first-order chi connectivity index (χ1) is 13.4. The molecule has 148 valence electrons. The molecule has 0 aliphatic carbocycles. The first-order valence-electron chi connectivity index (χ1n) is 9.88. The molecular weight excluding hydrogens is 350 g/mol. The standard InChI is InChI=1S/C23H29N3O2/c1-16-12-17(2)14-20(13-16)24-22(27)15-26-10-8-19(9-11-26)23(28)25-21-7-5-4-6-18(21)3/h4-7,12-14,19H,8-11,15H2,1-3H3,(H,24,27)(H,25,28). The normalized spacial score (nSPS) is 15.2. The van der Waals surface area contributed by atoms with Crippen molar-refractivity contribution < 1.29 is 9.59 Å². The highest BCUT2D eigenvalue weighted by atomic mass is 16.2. The highest BCUT2D eigenvalue weighted by molar-refractivity contribution is 5.94. The Balaban J connectivity index is 1.46. The number of anilines is 2. The fourth-order valence-corrected chi connectivity index (χ4v) is 3.75. The zero-order valence-corrected chi connectivity index (χ0v) is 16.9. The molecule has 5 heteroatoms. The molecule has 0 saturated carbocycles. The second-order valence-electron chi connectivity index (χ2n) is 7.78. The van der Waals surface area contributed by atoms with Crippen LogP contribution in [0.4, 0.5) is 11.4 Å². The molecule has 0 unspecified atom stereocenters. The number of carbonyl (C=O) groups excluding carboxylic acids is 2. The topological polar surface area (TPSA) is 61.4 Å². The molecule has 0 atom stereocenters. The number of hydrogen-bond acceptors (Lipinski definition) is 3. The summed E-state index contributed by atoms with van der Waals surface area (Å²) < 4.78 is 0. The van der Waals surface area contributed by atoms with Crippen LogP contribution in [0.25, 0.3) is 0 Å². The quantitative estimate of drug-likeness (QED) is 0.828. The molecule has 2 aromatic rings.